The van der Waals surface area contributed by atoms with E-state index in [1.807, 2.05) is 32.9 Å². The lowest BCUT2D eigenvalue weighted by atomic mass is 9.77. The molecule has 1 heterocycles. The summed E-state index contributed by atoms with van der Waals surface area (Å²) < 4.78 is 6.06. The molecule has 2 aromatic carbocycles. The molecule has 0 spiro atoms. The summed E-state index contributed by atoms with van der Waals surface area (Å²) in [6.07, 6.45) is 2.06. The molecule has 1 N–H and O–H groups in total. The van der Waals surface area contributed by atoms with Gasteiger partial charge in [-0.15, -0.1) is 0 Å². The maximum Gasteiger partial charge on any atom is 0.337 e. The van der Waals surface area contributed by atoms with Crippen molar-refractivity contribution in [3.8, 4) is 5.75 Å². The molecule has 0 radical (unpaired) electrons. The fourth-order valence-electron chi connectivity index (χ4n) is 4.20. The summed E-state index contributed by atoms with van der Waals surface area (Å²) in [6, 6.07) is 11.0. The van der Waals surface area contributed by atoms with E-state index in [0.717, 1.165) is 12.0 Å². The summed E-state index contributed by atoms with van der Waals surface area (Å²) in [5.74, 6) is -0.508. The fraction of sp³-hybridized carbons (Fsp3) is 0.440. The van der Waals surface area contributed by atoms with Crippen molar-refractivity contribution >= 4 is 40.6 Å². The molecule has 3 rings (SSSR count). The number of ketones is 1. The van der Waals surface area contributed by atoms with Gasteiger partial charge in [-0.1, -0.05) is 56.1 Å². The minimum Gasteiger partial charge on any atom is -0.508 e. The molecule has 0 aromatic heterocycles. The number of rotatable bonds is 8. The zero-order valence-electron chi connectivity index (χ0n) is 18.6. The van der Waals surface area contributed by atoms with Gasteiger partial charge in [-0.05, 0) is 61.1 Å². The van der Waals surface area contributed by atoms with E-state index in [0.29, 0.717) is 35.1 Å². The summed E-state index contributed by atoms with van der Waals surface area (Å²) in [4.78, 5) is 28.4. The summed E-state index contributed by atoms with van der Waals surface area (Å²) >= 11 is 12.2. The van der Waals surface area contributed by atoms with Gasteiger partial charge in [0.25, 0.3) is 0 Å². The van der Waals surface area contributed by atoms with E-state index >= 15 is 0 Å². The topological polar surface area (TPSA) is 66.8 Å². The average Bonchev–Trinajstić information content (AvgIpc) is 2.74. The number of benzene rings is 2. The van der Waals surface area contributed by atoms with Crippen molar-refractivity contribution in [2.24, 2.45) is 5.92 Å². The summed E-state index contributed by atoms with van der Waals surface area (Å²) in [6.45, 7) is 6.44. The van der Waals surface area contributed by atoms with Gasteiger partial charge in [0.2, 0.25) is 0 Å². The lowest BCUT2D eigenvalue weighted by Crippen LogP contribution is -2.59. The molecule has 0 bridgehead atoms. The van der Waals surface area contributed by atoms with Crippen LogP contribution in [0.1, 0.15) is 45.6 Å². The van der Waals surface area contributed by atoms with Crippen molar-refractivity contribution in [1.82, 2.24) is 0 Å². The molecule has 1 aliphatic rings. The third-order valence-corrected chi connectivity index (χ3v) is 6.88. The van der Waals surface area contributed by atoms with Gasteiger partial charge < -0.3 is 14.7 Å². The third-order valence-electron chi connectivity index (χ3n) is 6.14. The first-order chi connectivity index (χ1) is 15.2. The number of aromatic hydroxyl groups is 1. The number of cyclic esters (lactones) is 1. The van der Waals surface area contributed by atoms with E-state index < -0.39 is 17.6 Å². The van der Waals surface area contributed by atoms with Gasteiger partial charge in [0.15, 0.2) is 11.8 Å². The van der Waals surface area contributed by atoms with Crippen LogP contribution in [0.5, 0.6) is 5.75 Å². The van der Waals surface area contributed by atoms with Crippen molar-refractivity contribution in [2.45, 2.75) is 58.1 Å². The Morgan fingerprint density at radius 1 is 1.12 bits per heavy atom. The van der Waals surface area contributed by atoms with Gasteiger partial charge in [-0.25, -0.2) is 4.79 Å². The van der Waals surface area contributed by atoms with E-state index in [-0.39, 0.29) is 23.9 Å². The molecule has 1 aliphatic heterocycles. The first-order valence-electron chi connectivity index (χ1n) is 10.9. The van der Waals surface area contributed by atoms with Gasteiger partial charge in [0, 0.05) is 18.7 Å². The summed E-state index contributed by atoms with van der Waals surface area (Å²) in [5.41, 5.74) is 0.812. The molecule has 2 atom stereocenters. The zero-order chi connectivity index (χ0) is 23.5. The Bertz CT molecular complexity index is 956. The lowest BCUT2D eigenvalue weighted by molar-refractivity contribution is -0.179. The van der Waals surface area contributed by atoms with E-state index in [9.17, 15) is 14.7 Å². The largest absolute Gasteiger partial charge is 0.508 e. The highest BCUT2D eigenvalue weighted by molar-refractivity contribution is 6.42. The van der Waals surface area contributed by atoms with Gasteiger partial charge in [0.05, 0.1) is 10.0 Å². The van der Waals surface area contributed by atoms with Crippen molar-refractivity contribution in [1.29, 1.82) is 0 Å². The molecule has 5 nitrogen and oxygen atoms in total. The molecule has 2 unspecified atom stereocenters. The standard InChI is InChI=1S/C25H29Cl2NO4/c1-4-13-28(18-7-10-20(26)21(27)14-18)23-22(30)15-25(16(2)3,32-24(23)31)12-11-17-5-8-19(29)9-6-17/h5-10,14,16,23,29H,4,11-13,15H2,1-3H3. The molecule has 0 saturated carbocycles. The lowest BCUT2D eigenvalue weighted by Gasteiger charge is -2.44. The number of aryl methyl sites for hydroxylation is 1. The quantitative estimate of drug-likeness (QED) is 0.382. The normalized spacial score (nSPS) is 21.0. The molecule has 2 aromatic rings. The highest BCUT2D eigenvalue weighted by atomic mass is 35.5. The van der Waals surface area contributed by atoms with Gasteiger partial charge in [0.1, 0.15) is 11.4 Å². The van der Waals surface area contributed by atoms with Crippen LogP contribution in [0.3, 0.4) is 0 Å². The van der Waals surface area contributed by atoms with Crippen molar-refractivity contribution in [3.63, 3.8) is 0 Å². The van der Waals surface area contributed by atoms with Gasteiger partial charge in [-0.3, -0.25) is 4.79 Å². The van der Waals surface area contributed by atoms with Crippen LogP contribution in [-0.4, -0.2) is 35.0 Å². The number of nitrogens with zero attached hydrogens (tertiary/aromatic N) is 1. The molecular formula is C25H29Cl2NO4. The van der Waals surface area contributed by atoms with Gasteiger partial charge >= 0.3 is 5.97 Å². The highest BCUT2D eigenvalue weighted by Gasteiger charge is 2.50. The number of halogens is 2. The Morgan fingerprint density at radius 2 is 1.81 bits per heavy atom. The van der Waals surface area contributed by atoms with Crippen LogP contribution in [-0.2, 0) is 20.7 Å². The number of carbonyl (C=O) groups is 2. The van der Waals surface area contributed by atoms with Crippen molar-refractivity contribution in [3.05, 3.63) is 58.1 Å². The number of phenolic OH excluding ortho intramolecular Hbond substituents is 1. The summed E-state index contributed by atoms with van der Waals surface area (Å²) in [7, 11) is 0. The highest BCUT2D eigenvalue weighted by Crippen LogP contribution is 2.38. The second-order valence-corrected chi connectivity index (χ2v) is 9.46. The molecule has 0 aliphatic carbocycles. The van der Waals surface area contributed by atoms with Crippen LogP contribution in [0.4, 0.5) is 5.69 Å². The van der Waals surface area contributed by atoms with Crippen LogP contribution in [0.25, 0.3) is 0 Å². The van der Waals surface area contributed by atoms with E-state index in [1.165, 1.54) is 0 Å². The van der Waals surface area contributed by atoms with Crippen LogP contribution < -0.4 is 4.90 Å². The van der Waals surface area contributed by atoms with Crippen LogP contribution in [0.2, 0.25) is 10.0 Å². The second-order valence-electron chi connectivity index (χ2n) is 8.64. The Hall–Kier alpha value is -2.24. The molecule has 1 saturated heterocycles. The smallest absolute Gasteiger partial charge is 0.337 e. The first-order valence-corrected chi connectivity index (χ1v) is 11.7. The number of esters is 1. The maximum atomic E-state index is 13.4. The number of phenols is 1. The Kier molecular flexibility index (Phi) is 7.73. The average molecular weight is 478 g/mol. The predicted octanol–water partition coefficient (Wildman–Crippen LogP) is 5.83. The molecule has 0 amide bonds. The Labute approximate surface area is 199 Å². The number of Topliss-reactive ketones (excluding diaryl/α,β-unsaturated/α-hetero) is 1. The van der Waals surface area contributed by atoms with Crippen molar-refractivity contribution in [2.75, 3.05) is 11.4 Å². The monoisotopic (exact) mass is 477 g/mol. The minimum absolute atomic E-state index is 0.0296. The van der Waals surface area contributed by atoms with Crippen LogP contribution in [0.15, 0.2) is 42.5 Å². The van der Waals surface area contributed by atoms with Crippen LogP contribution >= 0.6 is 23.2 Å². The molecule has 1 fully saturated rings. The SMILES string of the molecule is CCCN(c1ccc(Cl)c(Cl)c1)C1C(=O)CC(CCc2ccc(O)cc2)(C(C)C)OC1=O. The Morgan fingerprint density at radius 3 is 2.38 bits per heavy atom. The number of hydrogen-bond acceptors (Lipinski definition) is 5. The number of carbonyl (C=O) groups excluding carboxylic acids is 2. The molecule has 7 heteroatoms. The third kappa shape index (κ3) is 5.21. The number of anilines is 1. The number of hydrogen-bond donors (Lipinski definition) is 1. The van der Waals surface area contributed by atoms with Crippen LogP contribution in [0, 0.1) is 5.92 Å². The second kappa shape index (κ2) is 10.1. The molecule has 172 valence electrons. The fourth-order valence-corrected chi connectivity index (χ4v) is 4.49. The Balaban J connectivity index is 1.84. The number of ether oxygens (including phenoxy) is 1. The van der Waals surface area contributed by atoms with E-state index in [2.05, 4.69) is 0 Å². The zero-order valence-corrected chi connectivity index (χ0v) is 20.1. The summed E-state index contributed by atoms with van der Waals surface area (Å²) in [5, 5.41) is 10.3. The molecule has 32 heavy (non-hydrogen) atoms. The predicted molar refractivity (Wildman–Crippen MR) is 128 cm³/mol. The first kappa shape index (κ1) is 24.4. The van der Waals surface area contributed by atoms with E-state index in [1.54, 1.807) is 35.2 Å². The minimum atomic E-state index is -1.01. The van der Waals surface area contributed by atoms with Gasteiger partial charge in [-0.2, -0.15) is 0 Å². The van der Waals surface area contributed by atoms with Crippen molar-refractivity contribution < 1.29 is 19.4 Å². The maximum absolute atomic E-state index is 13.4. The molecular weight excluding hydrogens is 449 g/mol. The van der Waals surface area contributed by atoms with E-state index in [4.69, 9.17) is 27.9 Å².